The lowest BCUT2D eigenvalue weighted by Gasteiger charge is -2.24. The van der Waals surface area contributed by atoms with Gasteiger partial charge in [-0.25, -0.2) is 9.28 Å². The molecule has 0 aliphatic carbocycles. The standard InChI is InChI=1S/C16H26N4O4/c1-19-14-13(15(23)18-16(19)24)20(2,11-17-14)9-7-5-3-4-6-8-12(22)10-21/h11-12,21-22H,3-10H2,1-2H3/p+1. The number of quaternary nitrogens is 1. The first kappa shape index (κ1) is 18.6. The molecule has 0 saturated heterocycles. The molecule has 8 nitrogen and oxygen atoms in total. The van der Waals surface area contributed by atoms with Crippen LogP contribution in [0.1, 0.15) is 38.5 Å². The van der Waals surface area contributed by atoms with Crippen molar-refractivity contribution in [3.8, 4) is 0 Å². The Morgan fingerprint density at radius 2 is 1.92 bits per heavy atom. The van der Waals surface area contributed by atoms with Gasteiger partial charge in [0.25, 0.3) is 0 Å². The Morgan fingerprint density at radius 3 is 2.62 bits per heavy atom. The van der Waals surface area contributed by atoms with Gasteiger partial charge in [0, 0.05) is 7.05 Å². The zero-order valence-electron chi connectivity index (χ0n) is 14.4. The molecular weight excluding hydrogens is 312 g/mol. The summed E-state index contributed by atoms with van der Waals surface area (Å²) in [4.78, 5) is 30.4. The first-order valence-electron chi connectivity index (χ1n) is 8.42. The molecule has 0 amide bonds. The van der Waals surface area contributed by atoms with Crippen LogP contribution in [0.5, 0.6) is 0 Å². The summed E-state index contributed by atoms with van der Waals surface area (Å²) in [6, 6.07) is 0. The molecular formula is C16H27N4O4+. The van der Waals surface area contributed by atoms with Gasteiger partial charge in [0.1, 0.15) is 0 Å². The molecule has 2 heterocycles. The summed E-state index contributed by atoms with van der Waals surface area (Å²) in [6.07, 6.45) is 6.67. The van der Waals surface area contributed by atoms with Crippen molar-refractivity contribution in [1.82, 2.24) is 14.0 Å². The summed E-state index contributed by atoms with van der Waals surface area (Å²) in [6.45, 7) is 0.572. The number of nitrogens with one attached hydrogen (secondary N) is 1. The van der Waals surface area contributed by atoms with Gasteiger partial charge in [-0.1, -0.05) is 19.3 Å². The van der Waals surface area contributed by atoms with Crippen LogP contribution in [0.2, 0.25) is 0 Å². The number of aliphatic hydroxyl groups is 2. The summed E-state index contributed by atoms with van der Waals surface area (Å²) >= 11 is 0. The number of fused-ring (bicyclic) bond motifs is 1. The van der Waals surface area contributed by atoms with Gasteiger partial charge in [0.15, 0.2) is 6.34 Å². The van der Waals surface area contributed by atoms with Gasteiger partial charge in [-0.3, -0.25) is 14.3 Å². The Morgan fingerprint density at radius 1 is 1.25 bits per heavy atom. The maximum Gasteiger partial charge on any atom is 0.330 e. The molecule has 1 aromatic heterocycles. The van der Waals surface area contributed by atoms with Crippen molar-refractivity contribution in [2.75, 3.05) is 20.2 Å². The van der Waals surface area contributed by atoms with Gasteiger partial charge in [-0.2, -0.15) is 4.99 Å². The van der Waals surface area contributed by atoms with E-state index in [0.717, 1.165) is 38.6 Å². The van der Waals surface area contributed by atoms with Crippen LogP contribution in [0.15, 0.2) is 14.6 Å². The molecule has 1 aliphatic rings. The van der Waals surface area contributed by atoms with Crippen LogP contribution in [-0.2, 0) is 7.05 Å². The summed E-state index contributed by atoms with van der Waals surface area (Å²) in [5, 5.41) is 18.0. The van der Waals surface area contributed by atoms with E-state index in [4.69, 9.17) is 5.11 Å². The van der Waals surface area contributed by atoms with Crippen molar-refractivity contribution >= 4 is 17.8 Å². The number of unbranched alkanes of at least 4 members (excludes halogenated alkanes) is 4. The van der Waals surface area contributed by atoms with Crippen LogP contribution in [0.4, 0.5) is 11.5 Å². The second kappa shape index (κ2) is 7.87. The second-order valence-electron chi connectivity index (χ2n) is 6.62. The van der Waals surface area contributed by atoms with E-state index in [9.17, 15) is 14.7 Å². The van der Waals surface area contributed by atoms with Gasteiger partial charge in [-0.15, -0.1) is 0 Å². The van der Waals surface area contributed by atoms with Crippen LogP contribution >= 0.6 is 0 Å². The molecule has 0 radical (unpaired) electrons. The summed E-state index contributed by atoms with van der Waals surface area (Å²) in [7, 11) is 3.53. The normalized spacial score (nSPS) is 20.3. The summed E-state index contributed by atoms with van der Waals surface area (Å²) < 4.78 is 1.67. The monoisotopic (exact) mass is 339 g/mol. The van der Waals surface area contributed by atoms with Gasteiger partial charge >= 0.3 is 11.2 Å². The highest BCUT2D eigenvalue weighted by atomic mass is 16.3. The predicted molar refractivity (Wildman–Crippen MR) is 93.8 cm³/mol. The lowest BCUT2D eigenvalue weighted by Crippen LogP contribution is -2.47. The Balaban J connectivity index is 1.86. The van der Waals surface area contributed by atoms with Crippen molar-refractivity contribution in [2.45, 2.75) is 44.6 Å². The number of hydrogen-bond donors (Lipinski definition) is 3. The number of hydrogen-bond acceptors (Lipinski definition) is 5. The Hall–Kier alpha value is -1.77. The number of nitrogens with zero attached hydrogens (tertiary/aromatic N) is 3. The fraction of sp³-hybridized carbons (Fsp3) is 0.688. The number of rotatable bonds is 9. The SMILES string of the molecule is Cn1c2c(c(=O)[nH]c1=O)[N+](C)(CCCCCCCC(O)CO)C=N2. The molecule has 0 fully saturated rings. The smallest absolute Gasteiger partial charge is 0.330 e. The first-order valence-corrected chi connectivity index (χ1v) is 8.42. The van der Waals surface area contributed by atoms with E-state index in [0.29, 0.717) is 22.4 Å². The Labute approximate surface area is 140 Å². The quantitative estimate of drug-likeness (QED) is 0.446. The van der Waals surface area contributed by atoms with Crippen molar-refractivity contribution in [1.29, 1.82) is 0 Å². The van der Waals surface area contributed by atoms with Crippen LogP contribution < -0.4 is 15.7 Å². The maximum absolute atomic E-state index is 12.2. The minimum absolute atomic E-state index is 0.175. The van der Waals surface area contributed by atoms with Crippen LogP contribution in [0.25, 0.3) is 0 Å². The topological polar surface area (TPSA) is 108 Å². The fourth-order valence-electron chi connectivity index (χ4n) is 3.06. The molecule has 0 saturated carbocycles. The molecule has 2 atom stereocenters. The molecule has 0 bridgehead atoms. The number of aliphatic hydroxyl groups excluding tert-OH is 2. The highest BCUT2D eigenvalue weighted by Gasteiger charge is 2.36. The zero-order chi connectivity index (χ0) is 17.7. The Kier molecular flexibility index (Phi) is 6.09. The molecule has 1 aliphatic heterocycles. The van der Waals surface area contributed by atoms with Gasteiger partial charge in [-0.05, 0) is 19.3 Å². The molecule has 2 rings (SSSR count). The van der Waals surface area contributed by atoms with Crippen LogP contribution in [0, 0.1) is 0 Å². The highest BCUT2D eigenvalue weighted by molar-refractivity contribution is 5.86. The van der Waals surface area contributed by atoms with E-state index in [1.807, 2.05) is 7.05 Å². The van der Waals surface area contributed by atoms with Crippen molar-refractivity contribution < 1.29 is 10.2 Å². The molecule has 134 valence electrons. The summed E-state index contributed by atoms with van der Waals surface area (Å²) in [5.41, 5.74) is -0.302. The third-order valence-corrected chi connectivity index (χ3v) is 4.59. The van der Waals surface area contributed by atoms with Crippen molar-refractivity contribution in [2.24, 2.45) is 12.0 Å². The minimum atomic E-state index is -0.606. The van der Waals surface area contributed by atoms with E-state index >= 15 is 0 Å². The lowest BCUT2D eigenvalue weighted by atomic mass is 10.1. The molecule has 24 heavy (non-hydrogen) atoms. The summed E-state index contributed by atoms with van der Waals surface area (Å²) in [5.74, 6) is 0.434. The van der Waals surface area contributed by atoms with Crippen LogP contribution in [0.3, 0.4) is 0 Å². The number of aromatic nitrogens is 2. The fourth-order valence-corrected chi connectivity index (χ4v) is 3.06. The van der Waals surface area contributed by atoms with Gasteiger partial charge in [0.05, 0.1) is 26.3 Å². The minimum Gasteiger partial charge on any atom is -0.394 e. The highest BCUT2D eigenvalue weighted by Crippen LogP contribution is 2.31. The zero-order valence-corrected chi connectivity index (χ0v) is 14.4. The van der Waals surface area contributed by atoms with E-state index in [-0.39, 0.29) is 12.2 Å². The van der Waals surface area contributed by atoms with E-state index in [1.54, 1.807) is 13.4 Å². The predicted octanol–water partition coefficient (Wildman–Crippen LogP) is 0.378. The average Bonchev–Trinajstić information content (AvgIpc) is 2.90. The number of aromatic amines is 1. The van der Waals surface area contributed by atoms with Gasteiger partial charge in [0.2, 0.25) is 11.5 Å². The maximum atomic E-state index is 12.2. The Bertz CT molecular complexity index is 709. The molecule has 8 heteroatoms. The second-order valence-corrected chi connectivity index (χ2v) is 6.62. The molecule has 3 N–H and O–H groups in total. The van der Waals surface area contributed by atoms with E-state index in [1.165, 1.54) is 4.57 Å². The average molecular weight is 339 g/mol. The third kappa shape index (κ3) is 4.00. The first-order chi connectivity index (χ1) is 11.4. The molecule has 1 aromatic rings. The van der Waals surface area contributed by atoms with E-state index in [2.05, 4.69) is 9.98 Å². The van der Waals surface area contributed by atoms with Gasteiger partial charge < -0.3 is 10.2 Å². The van der Waals surface area contributed by atoms with Crippen molar-refractivity contribution in [3.63, 3.8) is 0 Å². The molecule has 2 unspecified atom stereocenters. The lowest BCUT2D eigenvalue weighted by molar-refractivity contribution is 0.0860. The number of H-pyrrole nitrogens is 1. The number of aliphatic imine (C=N–C) groups is 1. The van der Waals surface area contributed by atoms with Crippen molar-refractivity contribution in [3.05, 3.63) is 20.8 Å². The van der Waals surface area contributed by atoms with Crippen LogP contribution in [-0.4, -0.2) is 52.4 Å². The third-order valence-electron chi connectivity index (χ3n) is 4.59. The largest absolute Gasteiger partial charge is 0.394 e. The molecule has 0 aromatic carbocycles. The van der Waals surface area contributed by atoms with E-state index < -0.39 is 11.8 Å². The molecule has 0 spiro atoms.